The number of amides is 2. The highest BCUT2D eigenvalue weighted by Crippen LogP contribution is 2.27. The zero-order chi connectivity index (χ0) is 17.8. The Balaban J connectivity index is 1.66. The fourth-order valence-corrected chi connectivity index (χ4v) is 2.55. The van der Waals surface area contributed by atoms with Gasteiger partial charge in [-0.15, -0.1) is 0 Å². The molecule has 4 N–H and O–H groups in total. The third-order valence-corrected chi connectivity index (χ3v) is 3.80. The van der Waals surface area contributed by atoms with E-state index in [2.05, 4.69) is 15.6 Å². The number of carbonyl (C=O) groups is 1. The van der Waals surface area contributed by atoms with Crippen LogP contribution in [0.1, 0.15) is 12.6 Å². The third kappa shape index (κ3) is 4.02. The molecule has 1 aliphatic rings. The van der Waals surface area contributed by atoms with Crippen LogP contribution in [0.2, 0.25) is 0 Å². The smallest absolute Gasteiger partial charge is 0.351 e. The Morgan fingerprint density at radius 1 is 1.28 bits per heavy atom. The molecule has 1 aromatic heterocycles. The Bertz CT molecular complexity index is 795. The van der Waals surface area contributed by atoms with E-state index in [4.69, 9.17) is 9.84 Å². The van der Waals surface area contributed by atoms with Gasteiger partial charge in [0.15, 0.2) is 0 Å². The van der Waals surface area contributed by atoms with Gasteiger partial charge in [-0.25, -0.2) is 9.59 Å². The summed E-state index contributed by atoms with van der Waals surface area (Å²) >= 11 is 0. The molecule has 0 spiro atoms. The zero-order valence-corrected chi connectivity index (χ0v) is 13.2. The van der Waals surface area contributed by atoms with Crippen LogP contribution in [0.5, 0.6) is 0 Å². The van der Waals surface area contributed by atoms with Crippen LogP contribution in [0.3, 0.4) is 0 Å². The molecule has 3 rings (SSSR count). The number of rotatable bonds is 4. The van der Waals surface area contributed by atoms with Gasteiger partial charge in [-0.05, 0) is 18.2 Å². The number of anilines is 2. The van der Waals surface area contributed by atoms with Crippen molar-refractivity contribution in [1.82, 2.24) is 9.55 Å². The molecule has 2 heterocycles. The van der Waals surface area contributed by atoms with Crippen molar-refractivity contribution < 1.29 is 19.7 Å². The highest BCUT2D eigenvalue weighted by Gasteiger charge is 2.34. The quantitative estimate of drug-likeness (QED) is 0.640. The number of ether oxygens (including phenoxy) is 1. The van der Waals surface area contributed by atoms with Crippen molar-refractivity contribution in [2.75, 3.05) is 17.2 Å². The summed E-state index contributed by atoms with van der Waals surface area (Å²) in [4.78, 5) is 27.8. The molecule has 0 aliphatic carbocycles. The summed E-state index contributed by atoms with van der Waals surface area (Å²) < 4.78 is 6.62. The normalized spacial score (nSPS) is 22.6. The lowest BCUT2D eigenvalue weighted by Gasteiger charge is -2.14. The van der Waals surface area contributed by atoms with Crippen LogP contribution in [-0.2, 0) is 4.74 Å². The zero-order valence-electron chi connectivity index (χ0n) is 13.2. The van der Waals surface area contributed by atoms with Crippen molar-refractivity contribution >= 4 is 17.5 Å². The van der Waals surface area contributed by atoms with E-state index in [1.807, 2.05) is 6.07 Å². The van der Waals surface area contributed by atoms with E-state index in [0.717, 1.165) is 0 Å². The van der Waals surface area contributed by atoms with Crippen molar-refractivity contribution in [3.05, 3.63) is 53.1 Å². The number of para-hydroxylation sites is 1. The van der Waals surface area contributed by atoms with Gasteiger partial charge in [0.05, 0.1) is 12.7 Å². The summed E-state index contributed by atoms with van der Waals surface area (Å²) in [7, 11) is 0. The van der Waals surface area contributed by atoms with Crippen LogP contribution in [0, 0.1) is 0 Å². The molecule has 1 aliphatic heterocycles. The first-order chi connectivity index (χ1) is 12.1. The molecule has 2 unspecified atom stereocenters. The van der Waals surface area contributed by atoms with Gasteiger partial charge < -0.3 is 20.3 Å². The number of urea groups is 1. The molecule has 25 heavy (non-hydrogen) atoms. The van der Waals surface area contributed by atoms with E-state index in [9.17, 15) is 14.7 Å². The number of nitrogens with one attached hydrogen (secondary N) is 2. The highest BCUT2D eigenvalue weighted by molar-refractivity contribution is 5.99. The van der Waals surface area contributed by atoms with Crippen LogP contribution in [0.4, 0.5) is 16.3 Å². The number of aliphatic hydroxyl groups excluding tert-OH is 2. The van der Waals surface area contributed by atoms with Crippen molar-refractivity contribution in [3.8, 4) is 0 Å². The van der Waals surface area contributed by atoms with E-state index < -0.39 is 30.2 Å². The molecule has 1 saturated heterocycles. The topological polar surface area (TPSA) is 126 Å². The van der Waals surface area contributed by atoms with E-state index in [1.54, 1.807) is 24.3 Å². The minimum atomic E-state index is -0.851. The number of hydrogen-bond donors (Lipinski definition) is 4. The van der Waals surface area contributed by atoms with Gasteiger partial charge >= 0.3 is 11.7 Å². The predicted molar refractivity (Wildman–Crippen MR) is 89.2 cm³/mol. The van der Waals surface area contributed by atoms with Crippen molar-refractivity contribution in [1.29, 1.82) is 0 Å². The second-order valence-electron chi connectivity index (χ2n) is 5.56. The largest absolute Gasteiger partial charge is 0.394 e. The molecule has 0 radical (unpaired) electrons. The molecule has 2 amide bonds. The Hall–Kier alpha value is -2.75. The minimum absolute atomic E-state index is 0.0898. The average molecular weight is 346 g/mol. The Labute approximate surface area is 142 Å². The van der Waals surface area contributed by atoms with Crippen molar-refractivity contribution in [2.45, 2.75) is 24.9 Å². The van der Waals surface area contributed by atoms with E-state index in [-0.39, 0.29) is 18.8 Å². The second kappa shape index (κ2) is 7.43. The maximum absolute atomic E-state index is 12.1. The lowest BCUT2D eigenvalue weighted by molar-refractivity contribution is -0.0458. The first-order valence-corrected chi connectivity index (χ1v) is 7.73. The van der Waals surface area contributed by atoms with E-state index in [0.29, 0.717) is 5.69 Å². The number of aliphatic hydroxyl groups is 2. The lowest BCUT2D eigenvalue weighted by Crippen LogP contribution is -2.29. The molecule has 9 nitrogen and oxygen atoms in total. The highest BCUT2D eigenvalue weighted by atomic mass is 16.5. The molecule has 1 aromatic carbocycles. The van der Waals surface area contributed by atoms with Crippen LogP contribution < -0.4 is 16.3 Å². The van der Waals surface area contributed by atoms with Gasteiger partial charge in [0.25, 0.3) is 0 Å². The van der Waals surface area contributed by atoms with Gasteiger partial charge in [0.2, 0.25) is 0 Å². The molecular formula is C16H18N4O5. The monoisotopic (exact) mass is 346 g/mol. The summed E-state index contributed by atoms with van der Waals surface area (Å²) in [5, 5.41) is 23.9. The summed E-state index contributed by atoms with van der Waals surface area (Å²) in [6.07, 6.45) is -0.694. The van der Waals surface area contributed by atoms with Crippen LogP contribution in [0.15, 0.2) is 47.4 Å². The third-order valence-electron chi connectivity index (χ3n) is 3.80. The molecule has 0 bridgehead atoms. The molecule has 2 aromatic rings. The Morgan fingerprint density at radius 3 is 2.68 bits per heavy atom. The molecule has 132 valence electrons. The number of carbonyl (C=O) groups excluding carboxylic acids is 1. The number of aromatic nitrogens is 2. The lowest BCUT2D eigenvalue weighted by atomic mass is 10.2. The van der Waals surface area contributed by atoms with Gasteiger partial charge in [0.1, 0.15) is 18.1 Å². The van der Waals surface area contributed by atoms with E-state index in [1.165, 1.54) is 16.8 Å². The summed E-state index contributed by atoms with van der Waals surface area (Å²) in [6, 6.07) is 9.77. The van der Waals surface area contributed by atoms with Crippen LogP contribution >= 0.6 is 0 Å². The fourth-order valence-electron chi connectivity index (χ4n) is 2.55. The summed E-state index contributed by atoms with van der Waals surface area (Å²) in [5.41, 5.74) is -0.0231. The fraction of sp³-hybridized carbons (Fsp3) is 0.312. The molecular weight excluding hydrogens is 328 g/mol. The number of benzene rings is 1. The van der Waals surface area contributed by atoms with Crippen molar-refractivity contribution in [3.63, 3.8) is 0 Å². The van der Waals surface area contributed by atoms with Gasteiger partial charge in [-0.2, -0.15) is 4.98 Å². The molecule has 9 heteroatoms. The van der Waals surface area contributed by atoms with Crippen LogP contribution in [-0.4, -0.2) is 44.6 Å². The average Bonchev–Trinajstić information content (AvgIpc) is 2.96. The standard InChI is InChI=1S/C16H18N4O5/c21-9-12-11(22)8-14(25-12)20-7-6-13(19-16(20)24)18-15(23)17-10-4-2-1-3-5-10/h1-7,11-12,14,21-22H,8-9H2,(H2,17,18,19,23,24)/t11?,12-,14?/m1/s1. The Kier molecular flexibility index (Phi) is 5.08. The first-order valence-electron chi connectivity index (χ1n) is 7.73. The predicted octanol–water partition coefficient (Wildman–Crippen LogP) is 0.528. The van der Waals surface area contributed by atoms with Gasteiger partial charge in [-0.3, -0.25) is 9.88 Å². The maximum atomic E-state index is 12.1. The summed E-state index contributed by atoms with van der Waals surface area (Å²) in [5.74, 6) is 0.0898. The van der Waals surface area contributed by atoms with Crippen molar-refractivity contribution in [2.24, 2.45) is 0 Å². The number of hydrogen-bond acceptors (Lipinski definition) is 6. The molecule has 0 saturated carbocycles. The minimum Gasteiger partial charge on any atom is -0.394 e. The maximum Gasteiger partial charge on any atom is 0.351 e. The van der Waals surface area contributed by atoms with Gasteiger partial charge in [-0.1, -0.05) is 18.2 Å². The Morgan fingerprint density at radius 2 is 2.04 bits per heavy atom. The van der Waals surface area contributed by atoms with E-state index >= 15 is 0 Å². The SMILES string of the molecule is O=C(Nc1ccccc1)Nc1ccn(C2CC(O)[C@@H](CO)O2)c(=O)n1. The molecule has 1 fully saturated rings. The van der Waals surface area contributed by atoms with Crippen LogP contribution in [0.25, 0.3) is 0 Å². The number of nitrogens with zero attached hydrogens (tertiary/aromatic N) is 2. The second-order valence-corrected chi connectivity index (χ2v) is 5.56. The van der Waals surface area contributed by atoms with Gasteiger partial charge in [0, 0.05) is 18.3 Å². The summed E-state index contributed by atoms with van der Waals surface area (Å²) in [6.45, 7) is -0.334. The molecule has 3 atom stereocenters. The first kappa shape index (κ1) is 17.1.